The number of hydrogen-bond donors (Lipinski definition) is 0. The molecule has 3 rings (SSSR count). The van der Waals surface area contributed by atoms with Crippen LogP contribution in [-0.4, -0.2) is 31.7 Å². The van der Waals surface area contributed by atoms with Crippen LogP contribution in [0.2, 0.25) is 0 Å². The largest absolute Gasteiger partial charge is 0.294 e. The second-order valence-electron chi connectivity index (χ2n) is 5.83. The lowest BCUT2D eigenvalue weighted by Gasteiger charge is -2.09. The molecule has 0 saturated carbocycles. The van der Waals surface area contributed by atoms with Crippen LogP contribution in [0.3, 0.4) is 0 Å². The molecule has 0 amide bonds. The van der Waals surface area contributed by atoms with Crippen molar-refractivity contribution >= 4 is 17.5 Å². The first-order valence-electron chi connectivity index (χ1n) is 8.23. The van der Waals surface area contributed by atoms with Crippen LogP contribution >= 0.6 is 11.8 Å². The number of aromatic nitrogens is 4. The van der Waals surface area contributed by atoms with Gasteiger partial charge in [0.15, 0.2) is 5.78 Å². The van der Waals surface area contributed by atoms with Gasteiger partial charge in [-0.3, -0.25) is 4.79 Å². The molecule has 25 heavy (non-hydrogen) atoms. The zero-order valence-corrected chi connectivity index (χ0v) is 15.2. The van der Waals surface area contributed by atoms with E-state index in [2.05, 4.69) is 35.4 Å². The summed E-state index contributed by atoms with van der Waals surface area (Å²) in [5.41, 5.74) is 4.13. The molecule has 128 valence electrons. The number of tetrazole rings is 1. The summed E-state index contributed by atoms with van der Waals surface area (Å²) in [7, 11) is 0. The Hall–Kier alpha value is -2.47. The van der Waals surface area contributed by atoms with Crippen molar-refractivity contribution in [3.8, 4) is 5.69 Å². The van der Waals surface area contributed by atoms with Gasteiger partial charge >= 0.3 is 0 Å². The van der Waals surface area contributed by atoms with E-state index in [9.17, 15) is 4.79 Å². The molecular weight excluding hydrogens is 332 g/mol. The number of ketones is 1. The van der Waals surface area contributed by atoms with Crippen LogP contribution < -0.4 is 0 Å². The Kier molecular flexibility index (Phi) is 5.60. The number of carbonyl (C=O) groups excluding carboxylic acids is 1. The third-order valence-corrected chi connectivity index (χ3v) is 5.13. The smallest absolute Gasteiger partial charge is 0.214 e. The van der Waals surface area contributed by atoms with Crippen molar-refractivity contribution in [3.63, 3.8) is 0 Å². The topological polar surface area (TPSA) is 60.7 Å². The minimum absolute atomic E-state index is 0.176. The summed E-state index contributed by atoms with van der Waals surface area (Å²) >= 11 is 1.57. The number of rotatable bonds is 7. The van der Waals surface area contributed by atoms with Crippen molar-refractivity contribution in [1.82, 2.24) is 20.2 Å². The van der Waals surface area contributed by atoms with Gasteiger partial charge in [0.25, 0.3) is 0 Å². The van der Waals surface area contributed by atoms with Gasteiger partial charge in [0.2, 0.25) is 5.16 Å². The Morgan fingerprint density at radius 3 is 2.68 bits per heavy atom. The quantitative estimate of drug-likeness (QED) is 0.365. The molecular formula is C19H20N4OS. The molecule has 0 aliphatic carbocycles. The average Bonchev–Trinajstić information content (AvgIpc) is 3.10. The molecule has 0 unspecified atom stereocenters. The average molecular weight is 352 g/mol. The standard InChI is InChI=1S/C19H20N4OS/c1-14-8-6-11-17(15(14)2)23-19(20-21-22-23)25-13-7-12-18(24)16-9-4-3-5-10-16/h3-6,8-11H,7,12-13H2,1-2H3. The van der Waals surface area contributed by atoms with Crippen LogP contribution in [0.5, 0.6) is 0 Å². The molecule has 0 bridgehead atoms. The maximum Gasteiger partial charge on any atom is 0.214 e. The molecule has 1 aromatic heterocycles. The number of carbonyl (C=O) groups is 1. The fourth-order valence-corrected chi connectivity index (χ4v) is 3.37. The van der Waals surface area contributed by atoms with E-state index < -0.39 is 0 Å². The van der Waals surface area contributed by atoms with Crippen LogP contribution in [0.15, 0.2) is 53.7 Å². The molecule has 5 nitrogen and oxygen atoms in total. The highest BCUT2D eigenvalue weighted by Gasteiger charge is 2.12. The van der Waals surface area contributed by atoms with E-state index in [0.717, 1.165) is 34.1 Å². The number of Topliss-reactive ketones (excluding diaryl/α,β-unsaturated/α-hetero) is 1. The van der Waals surface area contributed by atoms with Gasteiger partial charge in [-0.05, 0) is 47.9 Å². The minimum atomic E-state index is 0.176. The number of hydrogen-bond acceptors (Lipinski definition) is 5. The fourth-order valence-electron chi connectivity index (χ4n) is 2.55. The van der Waals surface area contributed by atoms with Gasteiger partial charge in [-0.2, -0.15) is 4.68 Å². The minimum Gasteiger partial charge on any atom is -0.294 e. The van der Waals surface area contributed by atoms with Crippen molar-refractivity contribution in [3.05, 3.63) is 65.2 Å². The van der Waals surface area contributed by atoms with Gasteiger partial charge in [-0.15, -0.1) is 5.10 Å². The molecule has 0 spiro atoms. The van der Waals surface area contributed by atoms with Crippen LogP contribution in [0.4, 0.5) is 0 Å². The lowest BCUT2D eigenvalue weighted by Crippen LogP contribution is -2.03. The first kappa shape index (κ1) is 17.4. The number of thioether (sulfide) groups is 1. The van der Waals surface area contributed by atoms with Crippen molar-refractivity contribution < 1.29 is 4.79 Å². The maximum atomic E-state index is 12.1. The molecule has 0 aliphatic rings. The molecule has 1 heterocycles. The van der Waals surface area contributed by atoms with Gasteiger partial charge in [0.05, 0.1) is 5.69 Å². The van der Waals surface area contributed by atoms with E-state index in [-0.39, 0.29) is 5.78 Å². The first-order chi connectivity index (χ1) is 12.2. The summed E-state index contributed by atoms with van der Waals surface area (Å²) < 4.78 is 1.77. The highest BCUT2D eigenvalue weighted by Crippen LogP contribution is 2.23. The lowest BCUT2D eigenvalue weighted by molar-refractivity contribution is 0.0982. The Morgan fingerprint density at radius 1 is 1.08 bits per heavy atom. The Labute approximate surface area is 151 Å². The zero-order chi connectivity index (χ0) is 17.6. The van der Waals surface area contributed by atoms with E-state index in [1.54, 1.807) is 16.4 Å². The fraction of sp³-hybridized carbons (Fsp3) is 0.263. The Morgan fingerprint density at radius 2 is 1.88 bits per heavy atom. The van der Waals surface area contributed by atoms with E-state index in [0.29, 0.717) is 6.42 Å². The molecule has 0 atom stereocenters. The van der Waals surface area contributed by atoms with Gasteiger partial charge in [0.1, 0.15) is 0 Å². The summed E-state index contributed by atoms with van der Waals surface area (Å²) in [6.07, 6.45) is 1.32. The Bertz CT molecular complexity index is 861. The number of nitrogens with zero attached hydrogens (tertiary/aromatic N) is 4. The predicted molar refractivity (Wildman–Crippen MR) is 99.4 cm³/mol. The summed E-state index contributed by atoms with van der Waals surface area (Å²) in [5.74, 6) is 0.972. The van der Waals surface area contributed by atoms with Crippen molar-refractivity contribution in [2.75, 3.05) is 5.75 Å². The van der Waals surface area contributed by atoms with E-state index >= 15 is 0 Å². The van der Waals surface area contributed by atoms with Crippen LogP contribution in [-0.2, 0) is 0 Å². The highest BCUT2D eigenvalue weighted by molar-refractivity contribution is 7.99. The normalized spacial score (nSPS) is 10.8. The third kappa shape index (κ3) is 4.14. The SMILES string of the molecule is Cc1cccc(-n2nnnc2SCCCC(=O)c2ccccc2)c1C. The molecule has 3 aromatic rings. The van der Waals surface area contributed by atoms with Crippen molar-refractivity contribution in [1.29, 1.82) is 0 Å². The van der Waals surface area contributed by atoms with Crippen molar-refractivity contribution in [2.45, 2.75) is 31.8 Å². The van der Waals surface area contributed by atoms with Gasteiger partial charge in [-0.1, -0.05) is 54.2 Å². The molecule has 6 heteroatoms. The van der Waals surface area contributed by atoms with Gasteiger partial charge < -0.3 is 0 Å². The zero-order valence-electron chi connectivity index (χ0n) is 14.3. The lowest BCUT2D eigenvalue weighted by atomic mass is 10.1. The van der Waals surface area contributed by atoms with Crippen LogP contribution in [0.1, 0.15) is 34.3 Å². The monoisotopic (exact) mass is 352 g/mol. The predicted octanol–water partition coefficient (Wildman–Crippen LogP) is 4.03. The van der Waals surface area contributed by atoms with E-state index in [4.69, 9.17) is 0 Å². The molecule has 0 fully saturated rings. The summed E-state index contributed by atoms with van der Waals surface area (Å²) in [6.45, 7) is 4.14. The molecule has 0 N–H and O–H groups in total. The summed E-state index contributed by atoms with van der Waals surface area (Å²) in [4.78, 5) is 12.1. The highest BCUT2D eigenvalue weighted by atomic mass is 32.2. The molecule has 0 radical (unpaired) electrons. The van der Waals surface area contributed by atoms with Crippen LogP contribution in [0.25, 0.3) is 5.69 Å². The van der Waals surface area contributed by atoms with E-state index in [1.807, 2.05) is 42.5 Å². The second-order valence-corrected chi connectivity index (χ2v) is 6.90. The van der Waals surface area contributed by atoms with Gasteiger partial charge in [0, 0.05) is 17.7 Å². The number of benzene rings is 2. The summed E-state index contributed by atoms with van der Waals surface area (Å²) in [6, 6.07) is 15.5. The summed E-state index contributed by atoms with van der Waals surface area (Å²) in [5, 5.41) is 12.8. The third-order valence-electron chi connectivity index (χ3n) is 4.12. The Balaban J connectivity index is 1.59. The molecule has 2 aromatic carbocycles. The van der Waals surface area contributed by atoms with E-state index in [1.165, 1.54) is 5.56 Å². The molecule has 0 aliphatic heterocycles. The second kappa shape index (κ2) is 8.07. The van der Waals surface area contributed by atoms with Crippen LogP contribution in [0, 0.1) is 13.8 Å². The van der Waals surface area contributed by atoms with Gasteiger partial charge in [-0.25, -0.2) is 0 Å². The number of aryl methyl sites for hydroxylation is 1. The first-order valence-corrected chi connectivity index (χ1v) is 9.21. The maximum absolute atomic E-state index is 12.1. The van der Waals surface area contributed by atoms with Crippen molar-refractivity contribution in [2.24, 2.45) is 0 Å². The molecule has 0 saturated heterocycles.